The Bertz CT molecular complexity index is 1290. The number of pyridine rings is 1. The van der Waals surface area contributed by atoms with Crippen LogP contribution in [-0.2, 0) is 20.4 Å². The fourth-order valence-corrected chi connectivity index (χ4v) is 5.05. The number of aromatic nitrogens is 1. The van der Waals surface area contributed by atoms with Gasteiger partial charge in [0.15, 0.2) is 22.2 Å². The molecule has 2 aromatic rings. The van der Waals surface area contributed by atoms with E-state index in [-0.39, 0.29) is 18.4 Å². The molecule has 0 bridgehead atoms. The van der Waals surface area contributed by atoms with Gasteiger partial charge in [-0.15, -0.1) is 0 Å². The van der Waals surface area contributed by atoms with Crippen LogP contribution in [0.3, 0.4) is 0 Å². The Hall–Kier alpha value is -3.38. The molecule has 1 heterocycles. The molecule has 0 saturated heterocycles. The number of rotatable bonds is 10. The first kappa shape index (κ1) is 28.2. The van der Waals surface area contributed by atoms with E-state index in [4.69, 9.17) is 0 Å². The van der Waals surface area contributed by atoms with Crippen LogP contribution < -0.4 is 15.4 Å². The van der Waals surface area contributed by atoms with Gasteiger partial charge in [0.05, 0.1) is 17.6 Å². The van der Waals surface area contributed by atoms with E-state index in [1.807, 2.05) is 0 Å². The number of benzene rings is 1. The molecule has 1 aliphatic rings. The summed E-state index contributed by atoms with van der Waals surface area (Å²) >= 11 is 0. The summed E-state index contributed by atoms with van der Waals surface area (Å²) < 4.78 is 109. The molecule has 8 nitrogen and oxygen atoms in total. The molecule has 1 saturated carbocycles. The summed E-state index contributed by atoms with van der Waals surface area (Å²) in [6.07, 6.45) is -3.81. The third kappa shape index (κ3) is 6.89. The average molecular weight is 550 g/mol. The molecule has 1 fully saturated rings. The van der Waals surface area contributed by atoms with Crippen molar-refractivity contribution in [1.29, 1.82) is 5.26 Å². The standard InChI is InChI=1S/C22H20F6N4O4S/c23-16-5-3-15(4-6-16)18(21(24,25)22(26,27)28)30-17(19(33)31-20(13-29)7-8-20)12-37(35,36)11-14-2-1-9-32(34)10-14/h1-6,9-10,17-18,30H,7-8,11-12H2,(H,31,33)/t17-,18-/m0/s1. The maximum atomic E-state index is 14.6. The molecular formula is C22H20F6N4O4S. The zero-order valence-corrected chi connectivity index (χ0v) is 19.6. The number of nitrogens with zero attached hydrogens (tertiary/aromatic N) is 2. The predicted molar refractivity (Wildman–Crippen MR) is 116 cm³/mol. The Balaban J connectivity index is 1.98. The van der Waals surface area contributed by atoms with Gasteiger partial charge >= 0.3 is 12.1 Å². The lowest BCUT2D eigenvalue weighted by atomic mass is 9.98. The van der Waals surface area contributed by atoms with Crippen molar-refractivity contribution in [2.75, 3.05) is 5.75 Å². The monoisotopic (exact) mass is 550 g/mol. The summed E-state index contributed by atoms with van der Waals surface area (Å²) in [5, 5.41) is 24.7. The molecule has 37 heavy (non-hydrogen) atoms. The number of carbonyl (C=O) groups excluding carboxylic acids is 1. The van der Waals surface area contributed by atoms with Crippen LogP contribution in [0.5, 0.6) is 0 Å². The lowest BCUT2D eigenvalue weighted by Gasteiger charge is -2.33. The van der Waals surface area contributed by atoms with Crippen molar-refractivity contribution in [3.8, 4) is 6.07 Å². The van der Waals surface area contributed by atoms with Crippen molar-refractivity contribution in [1.82, 2.24) is 10.6 Å². The molecule has 15 heteroatoms. The third-order valence-electron chi connectivity index (χ3n) is 5.60. The van der Waals surface area contributed by atoms with Gasteiger partial charge < -0.3 is 10.5 Å². The summed E-state index contributed by atoms with van der Waals surface area (Å²) in [5.41, 5.74) is -2.19. The van der Waals surface area contributed by atoms with E-state index in [1.54, 1.807) is 11.4 Å². The zero-order valence-electron chi connectivity index (χ0n) is 18.8. The third-order valence-corrected chi connectivity index (χ3v) is 7.21. The van der Waals surface area contributed by atoms with E-state index in [2.05, 4.69) is 5.32 Å². The number of nitriles is 1. The molecule has 2 N–H and O–H groups in total. The lowest BCUT2D eigenvalue weighted by molar-refractivity contribution is -0.605. The van der Waals surface area contributed by atoms with Crippen molar-refractivity contribution in [3.05, 3.63) is 70.9 Å². The van der Waals surface area contributed by atoms with Gasteiger partial charge in [-0.25, -0.2) is 12.8 Å². The SMILES string of the molecule is N#CC1(NC(=O)[C@H](CS(=O)(=O)Cc2ccc[n+]([O-])c2)N[C@@H](c2ccc(F)cc2)C(F)(F)C(F)(F)F)CC1. The first-order chi connectivity index (χ1) is 17.1. The highest BCUT2D eigenvalue weighted by molar-refractivity contribution is 7.90. The van der Waals surface area contributed by atoms with Crippen LogP contribution in [0.25, 0.3) is 0 Å². The van der Waals surface area contributed by atoms with Gasteiger partial charge in [-0.3, -0.25) is 10.1 Å². The van der Waals surface area contributed by atoms with Gasteiger partial charge in [-0.05, 0) is 36.6 Å². The van der Waals surface area contributed by atoms with Crippen molar-refractivity contribution in [2.24, 2.45) is 0 Å². The molecule has 2 atom stereocenters. The highest BCUT2D eigenvalue weighted by Crippen LogP contribution is 2.45. The van der Waals surface area contributed by atoms with Gasteiger partial charge in [-0.2, -0.15) is 31.9 Å². The van der Waals surface area contributed by atoms with Crippen molar-refractivity contribution < 1.29 is 44.3 Å². The molecule has 0 unspecified atom stereocenters. The summed E-state index contributed by atoms with van der Waals surface area (Å²) in [6, 6.07) is 1.66. The number of amides is 1. The molecule has 0 radical (unpaired) electrons. The average Bonchev–Trinajstić information content (AvgIpc) is 3.56. The second kappa shape index (κ2) is 10.2. The minimum absolute atomic E-state index is 0.0250. The van der Waals surface area contributed by atoms with E-state index in [1.165, 1.54) is 12.1 Å². The maximum Gasteiger partial charge on any atom is 0.455 e. The summed E-state index contributed by atoms with van der Waals surface area (Å²) in [6.45, 7) is 0. The normalized spacial score (nSPS) is 16.9. The highest BCUT2D eigenvalue weighted by atomic mass is 32.2. The van der Waals surface area contributed by atoms with Crippen LogP contribution in [-0.4, -0.2) is 43.8 Å². The van der Waals surface area contributed by atoms with Crippen molar-refractivity contribution in [3.63, 3.8) is 0 Å². The molecule has 1 aliphatic carbocycles. The van der Waals surface area contributed by atoms with Crippen molar-refractivity contribution in [2.45, 2.75) is 48.3 Å². The second-order valence-corrected chi connectivity index (χ2v) is 10.7. The van der Waals surface area contributed by atoms with Crippen LogP contribution >= 0.6 is 0 Å². The number of sulfone groups is 1. The molecule has 200 valence electrons. The molecule has 1 aromatic carbocycles. The second-order valence-electron chi connectivity index (χ2n) is 8.63. The molecule has 0 spiro atoms. The maximum absolute atomic E-state index is 14.6. The van der Waals surface area contributed by atoms with E-state index in [0.29, 0.717) is 29.0 Å². The summed E-state index contributed by atoms with van der Waals surface area (Å²) in [5.74, 6) is -9.83. The Morgan fingerprint density at radius 2 is 1.78 bits per heavy atom. The van der Waals surface area contributed by atoms with E-state index >= 15 is 0 Å². The fraction of sp³-hybridized carbons (Fsp3) is 0.409. The lowest BCUT2D eigenvalue weighted by Crippen LogP contribution is -2.57. The van der Waals surface area contributed by atoms with Crippen LogP contribution in [0, 0.1) is 22.4 Å². The molecule has 3 rings (SSSR count). The Morgan fingerprint density at radius 1 is 1.16 bits per heavy atom. The first-order valence-corrected chi connectivity index (χ1v) is 12.5. The minimum Gasteiger partial charge on any atom is -0.619 e. The molecular weight excluding hydrogens is 530 g/mol. The number of nitrogens with one attached hydrogen (secondary N) is 2. The van der Waals surface area contributed by atoms with Crippen molar-refractivity contribution >= 4 is 15.7 Å². The number of hydrogen-bond acceptors (Lipinski definition) is 6. The smallest absolute Gasteiger partial charge is 0.455 e. The zero-order chi connectivity index (χ0) is 27.6. The van der Waals surface area contributed by atoms with Gasteiger partial charge in [0.1, 0.15) is 23.4 Å². The van der Waals surface area contributed by atoms with Crippen LogP contribution in [0.4, 0.5) is 26.3 Å². The van der Waals surface area contributed by atoms with E-state index in [9.17, 15) is 50.0 Å². The first-order valence-electron chi connectivity index (χ1n) is 10.6. The topological polar surface area (TPSA) is 126 Å². The number of hydrogen-bond donors (Lipinski definition) is 2. The molecule has 0 aliphatic heterocycles. The molecule has 1 aromatic heterocycles. The minimum atomic E-state index is -6.13. The van der Waals surface area contributed by atoms with Crippen LogP contribution in [0.1, 0.15) is 30.0 Å². The number of halogens is 6. The van der Waals surface area contributed by atoms with Crippen LogP contribution in [0.15, 0.2) is 48.8 Å². The fourth-order valence-electron chi connectivity index (χ4n) is 3.50. The van der Waals surface area contributed by atoms with Crippen LogP contribution in [0.2, 0.25) is 0 Å². The number of alkyl halides is 5. The molecule has 1 amide bonds. The number of carbonyl (C=O) groups is 1. The van der Waals surface area contributed by atoms with Gasteiger partial charge in [-0.1, -0.05) is 12.1 Å². The van der Waals surface area contributed by atoms with Gasteiger partial charge in [0, 0.05) is 11.6 Å². The van der Waals surface area contributed by atoms with Gasteiger partial charge in [0.25, 0.3) is 0 Å². The largest absolute Gasteiger partial charge is 0.619 e. The van der Waals surface area contributed by atoms with E-state index < -0.39 is 68.4 Å². The summed E-state index contributed by atoms with van der Waals surface area (Å²) in [7, 11) is -4.40. The Morgan fingerprint density at radius 3 is 2.30 bits per heavy atom. The Kier molecular flexibility index (Phi) is 7.75. The Labute approximate surface area is 207 Å². The highest BCUT2D eigenvalue weighted by Gasteiger charge is 2.63. The quantitative estimate of drug-likeness (QED) is 0.266. The van der Waals surface area contributed by atoms with E-state index in [0.717, 1.165) is 12.4 Å². The predicted octanol–water partition coefficient (Wildman–Crippen LogP) is 2.44. The summed E-state index contributed by atoms with van der Waals surface area (Å²) in [4.78, 5) is 12.9. The van der Waals surface area contributed by atoms with Gasteiger partial charge in [0.2, 0.25) is 5.91 Å².